The normalized spacial score (nSPS) is 33.6. The lowest BCUT2D eigenvalue weighted by molar-refractivity contribution is -0.0495. The van der Waals surface area contributed by atoms with Crippen LogP contribution in [-0.2, 0) is 4.74 Å². The van der Waals surface area contributed by atoms with Crippen molar-refractivity contribution < 1.29 is 9.53 Å². The van der Waals surface area contributed by atoms with E-state index in [4.69, 9.17) is 4.74 Å². The van der Waals surface area contributed by atoms with Crippen molar-refractivity contribution in [3.05, 3.63) is 40.4 Å². The van der Waals surface area contributed by atoms with Crippen LogP contribution in [0.15, 0.2) is 29.1 Å². The molecule has 2 aliphatic heterocycles. The third-order valence-corrected chi connectivity index (χ3v) is 9.16. The summed E-state index contributed by atoms with van der Waals surface area (Å²) in [5.41, 5.74) is 0.468. The Morgan fingerprint density at radius 3 is 2.29 bits per heavy atom. The zero-order chi connectivity index (χ0) is 23.2. The highest BCUT2D eigenvalue weighted by atomic mass is 16.5. The Labute approximate surface area is 201 Å². The lowest BCUT2D eigenvalue weighted by atomic mass is 9.68. The van der Waals surface area contributed by atoms with Gasteiger partial charge in [0.15, 0.2) is 0 Å². The van der Waals surface area contributed by atoms with Crippen LogP contribution in [0.1, 0.15) is 94.2 Å². The predicted molar refractivity (Wildman–Crippen MR) is 132 cm³/mol. The second-order valence-electron chi connectivity index (χ2n) is 11.2. The third-order valence-electron chi connectivity index (χ3n) is 9.16. The fourth-order valence-corrected chi connectivity index (χ4v) is 7.96. The number of hydrogen-bond acceptors (Lipinski definition) is 5. The van der Waals surface area contributed by atoms with Crippen molar-refractivity contribution in [3.63, 3.8) is 0 Å². The van der Waals surface area contributed by atoms with Gasteiger partial charge in [-0.25, -0.2) is 9.78 Å². The Kier molecular flexibility index (Phi) is 5.96. The number of benzene rings is 1. The molecule has 0 radical (unpaired) electrons. The minimum absolute atomic E-state index is 0.00125. The summed E-state index contributed by atoms with van der Waals surface area (Å²) in [5, 5.41) is 0.586. The first-order chi connectivity index (χ1) is 16.6. The van der Waals surface area contributed by atoms with Gasteiger partial charge in [-0.1, -0.05) is 37.8 Å². The number of ether oxygens (including phenoxy) is 1. The molecule has 6 heteroatoms. The number of nitrogens with zero attached hydrogens (tertiary/aromatic N) is 3. The molecule has 4 bridgehead atoms. The Bertz CT molecular complexity index is 1100. The van der Waals surface area contributed by atoms with Crippen molar-refractivity contribution >= 4 is 16.9 Å². The average Bonchev–Trinajstić information content (AvgIpc) is 2.83. The van der Waals surface area contributed by atoms with Crippen molar-refractivity contribution in [2.45, 2.75) is 102 Å². The van der Waals surface area contributed by atoms with E-state index in [1.54, 1.807) is 17.6 Å². The third kappa shape index (κ3) is 3.88. The van der Waals surface area contributed by atoms with Gasteiger partial charge in [0.2, 0.25) is 5.82 Å². The highest BCUT2D eigenvalue weighted by Gasteiger charge is 2.45. The van der Waals surface area contributed by atoms with Crippen LogP contribution >= 0.6 is 0 Å². The molecule has 6 rings (SSSR count). The van der Waals surface area contributed by atoms with E-state index in [9.17, 15) is 9.59 Å². The molecule has 34 heavy (non-hydrogen) atoms. The van der Waals surface area contributed by atoms with Gasteiger partial charge in [0.25, 0.3) is 5.56 Å². The summed E-state index contributed by atoms with van der Waals surface area (Å²) in [6.45, 7) is 2.07. The maximum absolute atomic E-state index is 13.7. The summed E-state index contributed by atoms with van der Waals surface area (Å²) in [7, 11) is 0. The molecule has 0 spiro atoms. The van der Waals surface area contributed by atoms with Gasteiger partial charge in [-0.3, -0.25) is 14.3 Å². The van der Waals surface area contributed by atoms with Crippen LogP contribution in [0.2, 0.25) is 0 Å². The molecule has 2 aromatic rings. The van der Waals surface area contributed by atoms with E-state index < -0.39 is 5.97 Å². The monoisotopic (exact) mass is 463 g/mol. The Balaban J connectivity index is 1.34. The smallest absolute Gasteiger partial charge is 0.374 e. The zero-order valence-corrected chi connectivity index (χ0v) is 20.3. The Hall–Kier alpha value is -2.21. The molecular weight excluding hydrogens is 426 g/mol. The molecule has 182 valence electrons. The van der Waals surface area contributed by atoms with Gasteiger partial charge in [-0.15, -0.1) is 0 Å². The molecule has 3 heterocycles. The molecule has 2 saturated carbocycles. The molecule has 4 fully saturated rings. The van der Waals surface area contributed by atoms with Crippen LogP contribution < -0.4 is 5.56 Å². The molecule has 0 N–H and O–H groups in total. The number of aromatic nitrogens is 2. The van der Waals surface area contributed by atoms with Crippen LogP contribution in [0.3, 0.4) is 0 Å². The van der Waals surface area contributed by atoms with E-state index in [2.05, 4.69) is 9.88 Å². The van der Waals surface area contributed by atoms with Crippen molar-refractivity contribution in [2.24, 2.45) is 11.8 Å². The molecule has 1 aromatic carbocycles. The second-order valence-corrected chi connectivity index (χ2v) is 11.2. The number of rotatable bonds is 4. The predicted octanol–water partition coefficient (Wildman–Crippen LogP) is 5.10. The van der Waals surface area contributed by atoms with E-state index in [1.165, 1.54) is 57.8 Å². The van der Waals surface area contributed by atoms with Gasteiger partial charge in [-0.05, 0) is 75.8 Å². The molecule has 0 unspecified atom stereocenters. The second kappa shape index (κ2) is 9.10. The van der Waals surface area contributed by atoms with Crippen molar-refractivity contribution in [3.8, 4) is 0 Å². The number of carbonyl (C=O) groups excluding carboxylic acids is 1. The molecule has 6 atom stereocenters. The Morgan fingerprint density at radius 2 is 1.59 bits per heavy atom. The molecule has 2 aliphatic carbocycles. The molecule has 4 aliphatic rings. The number of para-hydroxylation sites is 1. The van der Waals surface area contributed by atoms with E-state index in [-0.39, 0.29) is 24.0 Å². The highest BCUT2D eigenvalue weighted by Crippen LogP contribution is 2.47. The molecule has 1 aromatic heterocycles. The number of hydrogen-bond donors (Lipinski definition) is 0. The summed E-state index contributed by atoms with van der Waals surface area (Å²) in [6, 6.07) is 9.06. The first kappa shape index (κ1) is 22.3. The van der Waals surface area contributed by atoms with E-state index in [0.29, 0.717) is 29.0 Å². The van der Waals surface area contributed by atoms with Crippen molar-refractivity contribution in [2.75, 3.05) is 6.61 Å². The van der Waals surface area contributed by atoms with E-state index in [1.807, 2.05) is 18.2 Å². The highest BCUT2D eigenvalue weighted by molar-refractivity contribution is 5.89. The Morgan fingerprint density at radius 1 is 0.912 bits per heavy atom. The van der Waals surface area contributed by atoms with Crippen LogP contribution in [0.5, 0.6) is 0 Å². The first-order valence-electron chi connectivity index (χ1n) is 13.6. The lowest BCUT2D eigenvalue weighted by Gasteiger charge is -2.55. The van der Waals surface area contributed by atoms with Gasteiger partial charge in [0, 0.05) is 24.2 Å². The summed E-state index contributed by atoms with van der Waals surface area (Å²) in [5.74, 6) is 1.52. The summed E-state index contributed by atoms with van der Waals surface area (Å²) in [4.78, 5) is 34.1. The van der Waals surface area contributed by atoms with Gasteiger partial charge in [-0.2, -0.15) is 0 Å². The lowest BCUT2D eigenvalue weighted by Crippen LogP contribution is -2.58. The van der Waals surface area contributed by atoms with E-state index in [0.717, 1.165) is 24.7 Å². The average molecular weight is 464 g/mol. The summed E-state index contributed by atoms with van der Waals surface area (Å²) >= 11 is 0. The fraction of sp³-hybridized carbons (Fsp3) is 0.679. The number of esters is 1. The topological polar surface area (TPSA) is 64.4 Å². The van der Waals surface area contributed by atoms with Crippen LogP contribution in [0, 0.1) is 11.8 Å². The molecule has 6 nitrogen and oxygen atoms in total. The van der Waals surface area contributed by atoms with Gasteiger partial charge >= 0.3 is 5.97 Å². The van der Waals surface area contributed by atoms with Gasteiger partial charge in [0.05, 0.1) is 17.5 Å². The number of piperidine rings is 2. The fourth-order valence-electron chi connectivity index (χ4n) is 7.96. The van der Waals surface area contributed by atoms with Crippen LogP contribution in [0.4, 0.5) is 0 Å². The first-order valence-corrected chi connectivity index (χ1v) is 13.6. The SMILES string of the molecule is CCOC(=O)c1nc2ccccc2c(=O)n1[C@H]1C[C@H]2CCC[C@@H](C1)N2[C@H]1C[C@@H]2CCC[C@@H](C2)C1. The minimum atomic E-state index is -0.488. The number of carbonyl (C=O) groups is 1. The minimum Gasteiger partial charge on any atom is -0.460 e. The molecular formula is C28H37N3O3. The standard InChI is InChI=1S/C28H37N3O3/c1-2-34-28(33)26-29-25-12-4-3-11-24(25)27(32)31(26)23-16-20-9-6-10-21(17-23)30(20)22-14-18-7-5-8-19(13-18)15-22/h3-4,11-12,18-23H,2,5-10,13-17H2,1H3/t18-,19+,20-,21+,22+,23+. The van der Waals surface area contributed by atoms with Crippen LogP contribution in [0.25, 0.3) is 10.9 Å². The van der Waals surface area contributed by atoms with E-state index >= 15 is 0 Å². The summed E-state index contributed by atoms with van der Waals surface area (Å²) in [6.07, 6.45) is 13.9. The van der Waals surface area contributed by atoms with Crippen molar-refractivity contribution in [1.82, 2.24) is 14.5 Å². The maximum atomic E-state index is 13.7. The molecule has 0 amide bonds. The molecule has 2 saturated heterocycles. The van der Waals surface area contributed by atoms with Gasteiger partial charge in [0.1, 0.15) is 0 Å². The zero-order valence-electron chi connectivity index (χ0n) is 20.3. The van der Waals surface area contributed by atoms with Gasteiger partial charge < -0.3 is 4.74 Å². The van der Waals surface area contributed by atoms with Crippen molar-refractivity contribution in [1.29, 1.82) is 0 Å². The summed E-state index contributed by atoms with van der Waals surface area (Å²) < 4.78 is 7.05. The number of fused-ring (bicyclic) bond motifs is 5. The quantitative estimate of drug-likeness (QED) is 0.590. The van der Waals surface area contributed by atoms with Crippen LogP contribution in [-0.4, -0.2) is 45.2 Å². The maximum Gasteiger partial charge on any atom is 0.374 e. The largest absolute Gasteiger partial charge is 0.460 e.